The van der Waals surface area contributed by atoms with Gasteiger partial charge in [0.1, 0.15) is 17.4 Å². The Balaban J connectivity index is 1.62. The van der Waals surface area contributed by atoms with Gasteiger partial charge < -0.3 is 15.4 Å². The van der Waals surface area contributed by atoms with Crippen LogP contribution in [0.1, 0.15) is 11.1 Å². The Morgan fingerprint density at radius 1 is 1.00 bits per heavy atom. The van der Waals surface area contributed by atoms with Crippen molar-refractivity contribution in [3.63, 3.8) is 0 Å². The standard InChI is InChI=1S/C25H20ClN3O3/c1-17-5-9-22(10-6-17)29-25(31)19(15-27)13-18-3-2-4-23(14-18)32-16-24(30)28-21-11-7-20(26)8-12-21/h2-14H,16H2,1H3,(H,28,30)(H,29,31)/b19-13-. The van der Waals surface area contributed by atoms with Crippen LogP contribution in [0.15, 0.2) is 78.4 Å². The summed E-state index contributed by atoms with van der Waals surface area (Å²) < 4.78 is 5.54. The molecule has 0 saturated carbocycles. The highest BCUT2D eigenvalue weighted by Gasteiger charge is 2.10. The maximum Gasteiger partial charge on any atom is 0.266 e. The van der Waals surface area contributed by atoms with Crippen molar-refractivity contribution in [2.45, 2.75) is 6.92 Å². The van der Waals surface area contributed by atoms with Gasteiger partial charge in [0.05, 0.1) is 0 Å². The van der Waals surface area contributed by atoms with Gasteiger partial charge in [0.25, 0.3) is 11.8 Å². The zero-order valence-electron chi connectivity index (χ0n) is 17.3. The Hall–Kier alpha value is -4.08. The van der Waals surface area contributed by atoms with E-state index in [1.807, 2.05) is 25.1 Å². The lowest BCUT2D eigenvalue weighted by Crippen LogP contribution is -2.20. The Morgan fingerprint density at radius 2 is 1.66 bits per heavy atom. The zero-order chi connectivity index (χ0) is 22.9. The van der Waals surface area contributed by atoms with Crippen molar-refractivity contribution in [1.29, 1.82) is 5.26 Å². The number of hydrogen-bond donors (Lipinski definition) is 2. The summed E-state index contributed by atoms with van der Waals surface area (Å²) in [6, 6.07) is 22.7. The van der Waals surface area contributed by atoms with E-state index in [1.54, 1.807) is 60.7 Å². The predicted octanol–water partition coefficient (Wildman–Crippen LogP) is 5.21. The van der Waals surface area contributed by atoms with E-state index in [1.165, 1.54) is 6.08 Å². The van der Waals surface area contributed by atoms with E-state index in [0.717, 1.165) is 5.56 Å². The summed E-state index contributed by atoms with van der Waals surface area (Å²) in [6.45, 7) is 1.75. The quantitative estimate of drug-likeness (QED) is 0.385. The Bertz CT molecular complexity index is 1180. The number of amides is 2. The van der Waals surface area contributed by atoms with Crippen LogP contribution in [0.4, 0.5) is 11.4 Å². The van der Waals surface area contributed by atoms with Gasteiger partial charge in [-0.05, 0) is 67.1 Å². The van der Waals surface area contributed by atoms with Gasteiger partial charge in [-0.25, -0.2) is 0 Å². The van der Waals surface area contributed by atoms with Crippen molar-refractivity contribution in [2.75, 3.05) is 17.2 Å². The summed E-state index contributed by atoms with van der Waals surface area (Å²) in [4.78, 5) is 24.5. The molecule has 0 fully saturated rings. The minimum atomic E-state index is -0.509. The van der Waals surface area contributed by atoms with Gasteiger partial charge in [0, 0.05) is 16.4 Å². The number of nitrogens with one attached hydrogen (secondary N) is 2. The van der Waals surface area contributed by atoms with E-state index in [-0.39, 0.29) is 18.1 Å². The second kappa shape index (κ2) is 10.8. The van der Waals surface area contributed by atoms with Crippen LogP contribution in [0.3, 0.4) is 0 Å². The molecular formula is C25H20ClN3O3. The summed E-state index contributed by atoms with van der Waals surface area (Å²) in [5.74, 6) is -0.408. The topological polar surface area (TPSA) is 91.2 Å². The van der Waals surface area contributed by atoms with E-state index in [4.69, 9.17) is 16.3 Å². The number of aryl methyl sites for hydroxylation is 1. The molecule has 2 N–H and O–H groups in total. The smallest absolute Gasteiger partial charge is 0.266 e. The van der Waals surface area contributed by atoms with Gasteiger partial charge in [0.2, 0.25) is 0 Å². The number of rotatable bonds is 7. The van der Waals surface area contributed by atoms with Crippen LogP contribution >= 0.6 is 11.6 Å². The molecule has 0 radical (unpaired) electrons. The molecule has 0 aromatic heterocycles. The Labute approximate surface area is 191 Å². The molecule has 2 amide bonds. The first kappa shape index (κ1) is 22.6. The molecule has 0 heterocycles. The normalized spacial score (nSPS) is 10.7. The molecule has 3 aromatic carbocycles. The third-order valence-corrected chi connectivity index (χ3v) is 4.59. The van der Waals surface area contributed by atoms with E-state index >= 15 is 0 Å². The number of carbonyl (C=O) groups is 2. The van der Waals surface area contributed by atoms with E-state index in [9.17, 15) is 14.9 Å². The zero-order valence-corrected chi connectivity index (χ0v) is 18.0. The van der Waals surface area contributed by atoms with Gasteiger partial charge in [-0.2, -0.15) is 5.26 Å². The van der Waals surface area contributed by atoms with Crippen molar-refractivity contribution in [3.05, 3.63) is 94.5 Å². The van der Waals surface area contributed by atoms with Gasteiger partial charge in [-0.3, -0.25) is 9.59 Å². The van der Waals surface area contributed by atoms with E-state index in [0.29, 0.717) is 27.7 Å². The molecule has 0 atom stereocenters. The average molecular weight is 446 g/mol. The van der Waals surface area contributed by atoms with Crippen molar-refractivity contribution in [1.82, 2.24) is 0 Å². The van der Waals surface area contributed by atoms with Gasteiger partial charge in [-0.15, -0.1) is 0 Å². The van der Waals surface area contributed by atoms with Gasteiger partial charge >= 0.3 is 0 Å². The van der Waals surface area contributed by atoms with Crippen LogP contribution in [0.25, 0.3) is 6.08 Å². The molecule has 0 spiro atoms. The summed E-state index contributed by atoms with van der Waals surface area (Å²) >= 11 is 5.83. The summed E-state index contributed by atoms with van der Waals surface area (Å²) in [6.07, 6.45) is 1.46. The van der Waals surface area contributed by atoms with Crippen LogP contribution in [-0.2, 0) is 9.59 Å². The first-order valence-electron chi connectivity index (χ1n) is 9.71. The molecular weight excluding hydrogens is 426 g/mol. The lowest BCUT2D eigenvalue weighted by molar-refractivity contribution is -0.118. The third-order valence-electron chi connectivity index (χ3n) is 4.34. The monoisotopic (exact) mass is 445 g/mol. The third kappa shape index (κ3) is 6.73. The first-order chi connectivity index (χ1) is 15.4. The number of anilines is 2. The second-order valence-corrected chi connectivity index (χ2v) is 7.34. The molecule has 0 unspecified atom stereocenters. The highest BCUT2D eigenvalue weighted by atomic mass is 35.5. The first-order valence-corrected chi connectivity index (χ1v) is 10.1. The molecule has 0 aliphatic rings. The molecule has 0 aliphatic carbocycles. The number of ether oxygens (including phenoxy) is 1. The maximum absolute atomic E-state index is 12.4. The number of carbonyl (C=O) groups excluding carboxylic acids is 2. The SMILES string of the molecule is Cc1ccc(NC(=O)/C(C#N)=C\c2cccc(OCC(=O)Nc3ccc(Cl)cc3)c2)cc1. The lowest BCUT2D eigenvalue weighted by atomic mass is 10.1. The minimum Gasteiger partial charge on any atom is -0.484 e. The van der Waals surface area contributed by atoms with Crippen molar-refractivity contribution < 1.29 is 14.3 Å². The fraction of sp³-hybridized carbons (Fsp3) is 0.0800. The summed E-state index contributed by atoms with van der Waals surface area (Å²) in [5, 5.41) is 15.4. The molecule has 0 saturated heterocycles. The van der Waals surface area contributed by atoms with Crippen LogP contribution in [-0.4, -0.2) is 18.4 Å². The number of halogens is 1. The van der Waals surface area contributed by atoms with Crippen molar-refractivity contribution in [3.8, 4) is 11.8 Å². The van der Waals surface area contributed by atoms with Gasteiger partial charge in [0.15, 0.2) is 6.61 Å². The van der Waals surface area contributed by atoms with Crippen molar-refractivity contribution in [2.24, 2.45) is 0 Å². The lowest BCUT2D eigenvalue weighted by Gasteiger charge is -2.08. The minimum absolute atomic E-state index is 0.0526. The molecule has 160 valence electrons. The summed E-state index contributed by atoms with van der Waals surface area (Å²) in [7, 11) is 0. The molecule has 6 nitrogen and oxygen atoms in total. The van der Waals surface area contributed by atoms with E-state index < -0.39 is 5.91 Å². The van der Waals surface area contributed by atoms with Crippen LogP contribution in [0.2, 0.25) is 5.02 Å². The van der Waals surface area contributed by atoms with Crippen LogP contribution < -0.4 is 15.4 Å². The maximum atomic E-state index is 12.4. The number of benzene rings is 3. The Morgan fingerprint density at radius 3 is 2.34 bits per heavy atom. The second-order valence-electron chi connectivity index (χ2n) is 6.91. The van der Waals surface area contributed by atoms with Crippen molar-refractivity contribution >= 4 is 40.9 Å². The highest BCUT2D eigenvalue weighted by Crippen LogP contribution is 2.18. The molecule has 3 aromatic rings. The fourth-order valence-corrected chi connectivity index (χ4v) is 2.85. The largest absolute Gasteiger partial charge is 0.484 e. The summed E-state index contributed by atoms with van der Waals surface area (Å²) in [5.41, 5.74) is 2.82. The molecule has 32 heavy (non-hydrogen) atoms. The molecule has 3 rings (SSSR count). The van der Waals surface area contributed by atoms with Crippen LogP contribution in [0.5, 0.6) is 5.75 Å². The number of hydrogen-bond acceptors (Lipinski definition) is 4. The van der Waals surface area contributed by atoms with Crippen LogP contribution in [0, 0.1) is 18.3 Å². The highest BCUT2D eigenvalue weighted by molar-refractivity contribution is 6.30. The molecule has 0 aliphatic heterocycles. The predicted molar refractivity (Wildman–Crippen MR) is 125 cm³/mol. The number of nitrogens with zero attached hydrogens (tertiary/aromatic N) is 1. The Kier molecular flexibility index (Phi) is 7.63. The molecule has 0 bridgehead atoms. The number of nitriles is 1. The molecule has 7 heteroatoms. The van der Waals surface area contributed by atoms with E-state index in [2.05, 4.69) is 10.6 Å². The average Bonchev–Trinajstić information content (AvgIpc) is 2.79. The van der Waals surface area contributed by atoms with Gasteiger partial charge in [-0.1, -0.05) is 41.4 Å². The fourth-order valence-electron chi connectivity index (χ4n) is 2.72.